The smallest absolute Gasteiger partial charge is 0.759 e. The average Bonchev–Trinajstić information content (AvgIpc) is 1.19. The van der Waals surface area contributed by atoms with Crippen molar-refractivity contribution in [1.29, 1.82) is 0 Å². The first-order valence-corrected chi connectivity index (χ1v) is 2.55. The van der Waals surface area contributed by atoms with E-state index >= 15 is 0 Å². The van der Waals surface area contributed by atoms with Gasteiger partial charge in [-0.15, -0.1) is 0 Å². The van der Waals surface area contributed by atoms with Crippen LogP contribution in [0.15, 0.2) is 0 Å². The minimum absolute atomic E-state index is 0. The zero-order valence-corrected chi connectivity index (χ0v) is 11.2. The maximum Gasteiger partial charge on any atom is 2.00 e. The molecule has 0 rings (SSSR count). The van der Waals surface area contributed by atoms with Crippen LogP contribution in [0.25, 0.3) is 0 Å². The van der Waals surface area contributed by atoms with Gasteiger partial charge in [0.05, 0.1) is 5.09 Å². The molecule has 0 atom stereocenters. The number of nitrogens with zero attached hydrogens (tertiary/aromatic N) is 1. The largest absolute Gasteiger partial charge is 2.00 e. The molecule has 0 fully saturated rings. The fourth-order valence-electron chi connectivity index (χ4n) is 0. The molecule has 0 aliphatic heterocycles. The third kappa shape index (κ3) is 1680. The van der Waals surface area contributed by atoms with E-state index in [1.807, 2.05) is 0 Å². The molecule has 0 aromatic heterocycles. The molecule has 0 unspecified atom stereocenters. The van der Waals surface area contributed by atoms with Gasteiger partial charge in [-0.25, -0.2) is 0 Å². The Morgan fingerprint density at radius 2 is 1.09 bits per heavy atom. The van der Waals surface area contributed by atoms with Crippen LogP contribution in [0.4, 0.5) is 0 Å². The van der Waals surface area contributed by atoms with Crippen molar-refractivity contribution in [3.63, 3.8) is 0 Å². The maximum absolute atomic E-state index is 8.52. The van der Waals surface area contributed by atoms with Crippen molar-refractivity contribution >= 4 is 10.4 Å². The van der Waals surface area contributed by atoms with Crippen LogP contribution in [0.2, 0.25) is 0 Å². The fraction of sp³-hybridized carbons (Fsp3) is 0. The molecular weight excluding hydrogens is 246 g/mol. The van der Waals surface area contributed by atoms with Gasteiger partial charge < -0.3 is 24.4 Å². The number of hydrogen-bond acceptors (Lipinski definition) is 7. The Hall–Kier alpha value is 0.693. The first-order valence-electron chi connectivity index (χ1n) is 1.21. The molecule has 0 aromatic carbocycles. The van der Waals surface area contributed by atoms with Crippen LogP contribution in [0.1, 0.15) is 0 Å². The molecule has 0 aliphatic rings. The van der Waals surface area contributed by atoms with Crippen LogP contribution < -0.4 is 29.6 Å². The minimum Gasteiger partial charge on any atom is -0.759 e. The molecule has 0 N–H and O–H groups in total. The Labute approximate surface area is 96.7 Å². The molecule has 0 bridgehead atoms. The van der Waals surface area contributed by atoms with Crippen molar-refractivity contribution in [3.8, 4) is 0 Å². The van der Waals surface area contributed by atoms with Crippen LogP contribution in [-0.2, 0) is 29.9 Å². The molecule has 56 valence electrons. The van der Waals surface area contributed by atoms with Gasteiger partial charge in [-0.05, 0) is 0 Å². The SMILES string of the molecule is O=S(=O)([O-])[O-].O=[N+]([O-])[O-].[Na+].[Zn+2]. The minimum atomic E-state index is -5.17. The maximum atomic E-state index is 8.52. The van der Waals surface area contributed by atoms with Crippen LogP contribution in [0.5, 0.6) is 0 Å². The molecule has 0 heterocycles. The van der Waals surface area contributed by atoms with Crippen molar-refractivity contribution in [2.24, 2.45) is 0 Å². The molecule has 0 aliphatic carbocycles. The summed E-state index contributed by atoms with van der Waals surface area (Å²) in [6.45, 7) is 0. The van der Waals surface area contributed by atoms with Gasteiger partial charge in [-0.2, -0.15) is 0 Å². The first kappa shape index (κ1) is 22.6. The van der Waals surface area contributed by atoms with Crippen molar-refractivity contribution < 1.29 is 71.6 Å². The Morgan fingerprint density at radius 1 is 1.09 bits per heavy atom. The first-order chi connectivity index (χ1) is 3.73. The molecule has 11 heteroatoms. The summed E-state index contributed by atoms with van der Waals surface area (Å²) in [6.07, 6.45) is 0. The summed E-state index contributed by atoms with van der Waals surface area (Å²) in [7, 11) is -5.17. The van der Waals surface area contributed by atoms with Gasteiger partial charge in [-0.1, -0.05) is 0 Å². The number of hydrogen-bond donors (Lipinski definition) is 0. The third-order valence-corrected chi connectivity index (χ3v) is 0. The van der Waals surface area contributed by atoms with E-state index in [2.05, 4.69) is 0 Å². The molecular formula is NNaO7SZn. The van der Waals surface area contributed by atoms with Crippen LogP contribution in [-0.4, -0.2) is 22.6 Å². The van der Waals surface area contributed by atoms with Crippen molar-refractivity contribution in [1.82, 2.24) is 0 Å². The summed E-state index contributed by atoms with van der Waals surface area (Å²) >= 11 is 0. The van der Waals surface area contributed by atoms with E-state index in [-0.39, 0.29) is 49.0 Å². The van der Waals surface area contributed by atoms with Crippen LogP contribution in [0, 0.1) is 15.3 Å². The van der Waals surface area contributed by atoms with Gasteiger partial charge in [0.15, 0.2) is 0 Å². The fourth-order valence-corrected chi connectivity index (χ4v) is 0. The summed E-state index contributed by atoms with van der Waals surface area (Å²) in [4.78, 5) is 8.25. The standard InChI is InChI=1S/NO3.Na.H2O4S.Zn/c2-1(3)4;;1-5(2,3)4;/h;;(H2,1,2,3,4);/q-1;+1;;+2/p-2. The molecule has 8 nitrogen and oxygen atoms in total. The molecule has 0 saturated heterocycles. The van der Waals surface area contributed by atoms with Gasteiger partial charge in [-0.3, -0.25) is 8.42 Å². The van der Waals surface area contributed by atoms with E-state index in [4.69, 9.17) is 32.8 Å². The van der Waals surface area contributed by atoms with Gasteiger partial charge >= 0.3 is 49.0 Å². The van der Waals surface area contributed by atoms with E-state index in [0.717, 1.165) is 0 Å². The van der Waals surface area contributed by atoms with Crippen molar-refractivity contribution in [2.75, 3.05) is 0 Å². The summed E-state index contributed by atoms with van der Waals surface area (Å²) < 4.78 is 34.1. The summed E-state index contributed by atoms with van der Waals surface area (Å²) in [5.41, 5.74) is 0. The predicted octanol–water partition coefficient (Wildman–Crippen LogP) is -4.58. The third-order valence-electron chi connectivity index (χ3n) is 0. The van der Waals surface area contributed by atoms with Crippen LogP contribution in [0.3, 0.4) is 0 Å². The van der Waals surface area contributed by atoms with E-state index in [1.54, 1.807) is 0 Å². The van der Waals surface area contributed by atoms with E-state index in [0.29, 0.717) is 0 Å². The van der Waals surface area contributed by atoms with E-state index < -0.39 is 15.5 Å². The topological polar surface area (TPSA) is 146 Å². The summed E-state index contributed by atoms with van der Waals surface area (Å²) in [6, 6.07) is 0. The Bertz CT molecular complexity index is 161. The second-order valence-corrected chi connectivity index (χ2v) is 1.45. The predicted molar refractivity (Wildman–Crippen MR) is 20.8 cm³/mol. The molecule has 0 aromatic rings. The normalized spacial score (nSPS) is 7.45. The summed E-state index contributed by atoms with van der Waals surface area (Å²) in [5, 5.41) is 14.8. The monoisotopic (exact) mass is 245 g/mol. The Balaban J connectivity index is -0.0000000383. The van der Waals surface area contributed by atoms with Crippen molar-refractivity contribution in [2.45, 2.75) is 0 Å². The molecule has 0 amide bonds. The Kier molecular flexibility index (Phi) is 22.0. The van der Waals surface area contributed by atoms with Crippen molar-refractivity contribution in [3.05, 3.63) is 15.3 Å². The quantitative estimate of drug-likeness (QED) is 0.137. The number of rotatable bonds is 0. The van der Waals surface area contributed by atoms with Gasteiger partial charge in [0, 0.05) is 10.4 Å². The van der Waals surface area contributed by atoms with Gasteiger partial charge in [0.2, 0.25) is 0 Å². The molecule has 0 spiro atoms. The summed E-state index contributed by atoms with van der Waals surface area (Å²) in [5.74, 6) is 0. The van der Waals surface area contributed by atoms with E-state index in [9.17, 15) is 0 Å². The van der Waals surface area contributed by atoms with Crippen LogP contribution >= 0.6 is 0 Å². The van der Waals surface area contributed by atoms with Gasteiger partial charge in [0.1, 0.15) is 0 Å². The second-order valence-electron chi connectivity index (χ2n) is 0.632. The van der Waals surface area contributed by atoms with E-state index in [1.165, 1.54) is 0 Å². The zero-order chi connectivity index (χ0) is 8.08. The Morgan fingerprint density at radius 3 is 1.09 bits per heavy atom. The zero-order valence-electron chi connectivity index (χ0n) is 5.42. The van der Waals surface area contributed by atoms with Gasteiger partial charge in [0.25, 0.3) is 0 Å². The second kappa shape index (κ2) is 10.7. The average molecular weight is 246 g/mol. The molecule has 0 saturated carbocycles. The molecule has 11 heavy (non-hydrogen) atoms. The molecule has 0 radical (unpaired) electrons.